The van der Waals surface area contributed by atoms with Gasteiger partial charge in [0.15, 0.2) is 0 Å². The smallest absolute Gasteiger partial charge is 0.274 e. The third-order valence-electron chi connectivity index (χ3n) is 5.06. The Morgan fingerprint density at radius 1 is 0.812 bits per heavy atom. The molecule has 0 fully saturated rings. The molecular formula is C25H16F2N4O. The van der Waals surface area contributed by atoms with Gasteiger partial charge in [0.1, 0.15) is 23.0 Å². The number of nitrogens with one attached hydrogen (secondary N) is 1. The van der Waals surface area contributed by atoms with Crippen LogP contribution in [0.2, 0.25) is 0 Å². The number of halogens is 2. The van der Waals surface area contributed by atoms with E-state index < -0.39 is 11.7 Å². The lowest BCUT2D eigenvalue weighted by Gasteiger charge is -2.07. The molecule has 0 bridgehead atoms. The standard InChI is InChI=1S/C25H16F2N4O/c26-18-9-7-17(8-10-18)24-23(16-11-13-28-14-12-16)21-5-2-6-22(31(21)30-24)25(32)29-20-4-1-3-19(27)15-20/h1-15H,(H,29,32). The fourth-order valence-electron chi connectivity index (χ4n) is 3.62. The highest BCUT2D eigenvalue weighted by atomic mass is 19.1. The van der Waals surface area contributed by atoms with Crippen LogP contribution in [0.5, 0.6) is 0 Å². The van der Waals surface area contributed by atoms with Gasteiger partial charge in [0.05, 0.1) is 5.52 Å². The first-order chi connectivity index (χ1) is 15.6. The van der Waals surface area contributed by atoms with E-state index in [0.717, 1.165) is 11.1 Å². The number of rotatable bonds is 4. The molecule has 5 nitrogen and oxygen atoms in total. The lowest BCUT2D eigenvalue weighted by Crippen LogP contribution is -2.16. The van der Waals surface area contributed by atoms with Gasteiger partial charge in [0.25, 0.3) is 5.91 Å². The summed E-state index contributed by atoms with van der Waals surface area (Å²) in [6, 6.07) is 20.7. The SMILES string of the molecule is O=C(Nc1cccc(F)c1)c1cccc2c(-c3ccncc3)c(-c3ccc(F)cc3)nn12. The first-order valence-corrected chi connectivity index (χ1v) is 9.85. The van der Waals surface area contributed by atoms with Gasteiger partial charge in [-0.2, -0.15) is 5.10 Å². The number of aromatic nitrogens is 3. The van der Waals surface area contributed by atoms with E-state index in [2.05, 4.69) is 10.3 Å². The number of hydrogen-bond acceptors (Lipinski definition) is 3. The van der Waals surface area contributed by atoms with Crippen molar-refractivity contribution in [3.05, 3.63) is 109 Å². The van der Waals surface area contributed by atoms with Crippen molar-refractivity contribution in [1.29, 1.82) is 0 Å². The topological polar surface area (TPSA) is 59.3 Å². The molecule has 1 amide bonds. The quantitative estimate of drug-likeness (QED) is 0.407. The van der Waals surface area contributed by atoms with E-state index in [1.807, 2.05) is 18.2 Å². The molecule has 156 valence electrons. The number of carbonyl (C=O) groups excluding carboxylic acids is 1. The minimum Gasteiger partial charge on any atom is -0.321 e. The van der Waals surface area contributed by atoms with Crippen molar-refractivity contribution in [1.82, 2.24) is 14.6 Å². The predicted molar refractivity (Wildman–Crippen MR) is 118 cm³/mol. The summed E-state index contributed by atoms with van der Waals surface area (Å²) in [7, 11) is 0. The Morgan fingerprint density at radius 3 is 2.31 bits per heavy atom. The third-order valence-corrected chi connectivity index (χ3v) is 5.06. The number of hydrogen-bond donors (Lipinski definition) is 1. The first kappa shape index (κ1) is 19.6. The van der Waals surface area contributed by atoms with E-state index in [1.165, 1.54) is 30.3 Å². The molecule has 0 radical (unpaired) electrons. The summed E-state index contributed by atoms with van der Waals surface area (Å²) in [5.74, 6) is -1.23. The number of fused-ring (bicyclic) bond motifs is 1. The van der Waals surface area contributed by atoms with Crippen LogP contribution >= 0.6 is 0 Å². The predicted octanol–water partition coefficient (Wildman–Crippen LogP) is 5.59. The summed E-state index contributed by atoms with van der Waals surface area (Å²) in [5, 5.41) is 7.42. The Balaban J connectivity index is 1.68. The Kier molecular flexibility index (Phi) is 4.91. The summed E-state index contributed by atoms with van der Waals surface area (Å²) in [5.41, 5.74) is 4.27. The van der Waals surface area contributed by atoms with E-state index >= 15 is 0 Å². The lowest BCUT2D eigenvalue weighted by molar-refractivity contribution is 0.102. The minimum absolute atomic E-state index is 0.274. The monoisotopic (exact) mass is 426 g/mol. The molecule has 7 heteroatoms. The van der Waals surface area contributed by atoms with Gasteiger partial charge in [-0.15, -0.1) is 0 Å². The average molecular weight is 426 g/mol. The van der Waals surface area contributed by atoms with Gasteiger partial charge in [-0.1, -0.05) is 12.1 Å². The lowest BCUT2D eigenvalue weighted by atomic mass is 10.0. The van der Waals surface area contributed by atoms with Gasteiger partial charge in [0, 0.05) is 29.2 Å². The Hall–Kier alpha value is -4.39. The maximum absolute atomic E-state index is 13.5. The van der Waals surface area contributed by atoms with Crippen molar-refractivity contribution in [3.63, 3.8) is 0 Å². The second kappa shape index (κ2) is 8.03. The van der Waals surface area contributed by atoms with Crippen LogP contribution in [-0.4, -0.2) is 20.5 Å². The van der Waals surface area contributed by atoms with Crippen LogP contribution < -0.4 is 5.32 Å². The molecule has 1 N–H and O–H groups in total. The van der Waals surface area contributed by atoms with Gasteiger partial charge < -0.3 is 5.32 Å². The zero-order valence-corrected chi connectivity index (χ0v) is 16.7. The molecule has 0 saturated heterocycles. The molecule has 3 aromatic heterocycles. The fourth-order valence-corrected chi connectivity index (χ4v) is 3.62. The number of carbonyl (C=O) groups is 1. The summed E-state index contributed by atoms with van der Waals surface area (Å²) in [4.78, 5) is 17.1. The molecular weight excluding hydrogens is 410 g/mol. The Bertz CT molecular complexity index is 1430. The number of anilines is 1. The van der Waals surface area contributed by atoms with Gasteiger partial charge in [-0.3, -0.25) is 9.78 Å². The van der Waals surface area contributed by atoms with Crippen molar-refractivity contribution >= 4 is 17.1 Å². The second-order valence-corrected chi connectivity index (χ2v) is 7.14. The highest BCUT2D eigenvalue weighted by molar-refractivity contribution is 6.04. The number of amides is 1. The van der Waals surface area contributed by atoms with Gasteiger partial charge in [-0.05, 0) is 72.3 Å². The van der Waals surface area contributed by atoms with E-state index in [1.54, 1.807) is 47.2 Å². The van der Waals surface area contributed by atoms with Crippen LogP contribution in [0, 0.1) is 11.6 Å². The van der Waals surface area contributed by atoms with E-state index in [4.69, 9.17) is 5.10 Å². The molecule has 0 aliphatic carbocycles. The number of pyridine rings is 2. The maximum atomic E-state index is 13.5. The molecule has 5 aromatic rings. The molecule has 3 heterocycles. The molecule has 5 rings (SSSR count). The van der Waals surface area contributed by atoms with Gasteiger partial charge in [0.2, 0.25) is 0 Å². The van der Waals surface area contributed by atoms with Gasteiger partial charge >= 0.3 is 0 Å². The molecule has 0 aliphatic rings. The molecule has 0 saturated carbocycles. The average Bonchev–Trinajstić information content (AvgIpc) is 3.20. The maximum Gasteiger partial charge on any atom is 0.274 e. The molecule has 0 spiro atoms. The van der Waals surface area contributed by atoms with Gasteiger partial charge in [-0.25, -0.2) is 13.3 Å². The van der Waals surface area contributed by atoms with Crippen LogP contribution in [0.15, 0.2) is 91.3 Å². The van der Waals surface area contributed by atoms with Crippen LogP contribution in [0.1, 0.15) is 10.5 Å². The van der Waals surface area contributed by atoms with Crippen LogP contribution in [0.25, 0.3) is 27.9 Å². The summed E-state index contributed by atoms with van der Waals surface area (Å²) < 4.78 is 28.6. The first-order valence-electron chi connectivity index (χ1n) is 9.85. The molecule has 0 atom stereocenters. The van der Waals surface area contributed by atoms with E-state index in [9.17, 15) is 13.6 Å². The van der Waals surface area contributed by atoms with Crippen molar-refractivity contribution in [3.8, 4) is 22.4 Å². The Labute approximate surface area is 182 Å². The van der Waals surface area contributed by atoms with Crippen molar-refractivity contribution in [2.75, 3.05) is 5.32 Å². The zero-order chi connectivity index (χ0) is 22.1. The Morgan fingerprint density at radius 2 is 1.56 bits per heavy atom. The van der Waals surface area contributed by atoms with Crippen LogP contribution in [0.3, 0.4) is 0 Å². The van der Waals surface area contributed by atoms with Crippen molar-refractivity contribution in [2.24, 2.45) is 0 Å². The molecule has 2 aromatic carbocycles. The molecule has 0 aliphatic heterocycles. The zero-order valence-electron chi connectivity index (χ0n) is 16.7. The van der Waals surface area contributed by atoms with Crippen LogP contribution in [0.4, 0.5) is 14.5 Å². The number of benzene rings is 2. The largest absolute Gasteiger partial charge is 0.321 e. The van der Waals surface area contributed by atoms with Crippen LogP contribution in [-0.2, 0) is 0 Å². The second-order valence-electron chi connectivity index (χ2n) is 7.14. The molecule has 0 unspecified atom stereocenters. The minimum atomic E-state index is -0.446. The summed E-state index contributed by atoms with van der Waals surface area (Å²) in [6.45, 7) is 0. The summed E-state index contributed by atoms with van der Waals surface area (Å²) in [6.07, 6.45) is 3.35. The third kappa shape index (κ3) is 3.60. The van der Waals surface area contributed by atoms with Crippen molar-refractivity contribution < 1.29 is 13.6 Å². The van der Waals surface area contributed by atoms with E-state index in [-0.39, 0.29) is 11.5 Å². The van der Waals surface area contributed by atoms with Crippen molar-refractivity contribution in [2.45, 2.75) is 0 Å². The number of nitrogens with zero attached hydrogens (tertiary/aromatic N) is 3. The highest BCUT2D eigenvalue weighted by Crippen LogP contribution is 2.35. The normalized spacial score (nSPS) is 10.9. The summed E-state index contributed by atoms with van der Waals surface area (Å²) >= 11 is 0. The fraction of sp³-hybridized carbons (Fsp3) is 0. The molecule has 32 heavy (non-hydrogen) atoms. The van der Waals surface area contributed by atoms with E-state index in [0.29, 0.717) is 22.5 Å². The highest BCUT2D eigenvalue weighted by Gasteiger charge is 2.20.